The van der Waals surface area contributed by atoms with Gasteiger partial charge in [-0.05, 0) is 19.8 Å². The van der Waals surface area contributed by atoms with Gasteiger partial charge in [0, 0.05) is 12.1 Å². The second-order valence-corrected chi connectivity index (χ2v) is 5.22. The van der Waals surface area contributed by atoms with E-state index < -0.39 is 30.6 Å². The topological polar surface area (TPSA) is 49.4 Å². The zero-order valence-electron chi connectivity index (χ0n) is 12.0. The lowest BCUT2D eigenvalue weighted by Gasteiger charge is -2.25. The Morgan fingerprint density at radius 1 is 1.30 bits per heavy atom. The quantitative estimate of drug-likeness (QED) is 0.764. The number of halogens is 3. The number of nitrogens with one attached hydrogen (secondary N) is 1. The van der Waals surface area contributed by atoms with Gasteiger partial charge in [-0.2, -0.15) is 13.2 Å². The van der Waals surface area contributed by atoms with Crippen LogP contribution in [-0.4, -0.2) is 41.0 Å². The van der Waals surface area contributed by atoms with Crippen molar-refractivity contribution < 1.29 is 22.8 Å². The molecule has 0 bridgehead atoms. The summed E-state index contributed by atoms with van der Waals surface area (Å²) in [6.07, 6.45) is -4.06. The second-order valence-electron chi connectivity index (χ2n) is 5.22. The standard InChI is InChI=1S/C13H21F3N2O2/c1-4-9(5-2)18-11(19)6-10(12(18)20)17-8(3)7-13(14,15)16/h8-10,17H,4-7H2,1-3H3. The van der Waals surface area contributed by atoms with Crippen molar-refractivity contribution in [1.82, 2.24) is 10.2 Å². The van der Waals surface area contributed by atoms with Crippen molar-refractivity contribution in [2.24, 2.45) is 0 Å². The number of carbonyl (C=O) groups excluding carboxylic acids is 2. The van der Waals surface area contributed by atoms with E-state index in [4.69, 9.17) is 0 Å². The largest absolute Gasteiger partial charge is 0.390 e. The number of imide groups is 1. The maximum absolute atomic E-state index is 12.3. The molecular weight excluding hydrogens is 273 g/mol. The Hall–Kier alpha value is -1.11. The molecule has 116 valence electrons. The maximum atomic E-state index is 12.3. The van der Waals surface area contributed by atoms with Crippen LogP contribution < -0.4 is 5.32 Å². The molecule has 0 radical (unpaired) electrons. The molecule has 0 aromatic rings. The van der Waals surface area contributed by atoms with E-state index in [0.29, 0.717) is 12.8 Å². The van der Waals surface area contributed by atoms with Crippen molar-refractivity contribution in [1.29, 1.82) is 0 Å². The van der Waals surface area contributed by atoms with Gasteiger partial charge in [0.05, 0.1) is 18.9 Å². The van der Waals surface area contributed by atoms with Gasteiger partial charge < -0.3 is 5.32 Å². The molecule has 2 atom stereocenters. The fourth-order valence-electron chi connectivity index (χ4n) is 2.57. The van der Waals surface area contributed by atoms with Crippen LogP contribution >= 0.6 is 0 Å². The third-order valence-corrected chi connectivity index (χ3v) is 3.51. The number of hydrogen-bond acceptors (Lipinski definition) is 3. The lowest BCUT2D eigenvalue weighted by atomic mass is 10.1. The first kappa shape index (κ1) is 16.9. The highest BCUT2D eigenvalue weighted by Gasteiger charge is 2.42. The van der Waals surface area contributed by atoms with Crippen LogP contribution in [0.15, 0.2) is 0 Å². The van der Waals surface area contributed by atoms with Crippen LogP contribution in [-0.2, 0) is 9.59 Å². The molecule has 1 N–H and O–H groups in total. The summed E-state index contributed by atoms with van der Waals surface area (Å²) in [4.78, 5) is 25.2. The molecule has 1 heterocycles. The molecule has 1 saturated heterocycles. The van der Waals surface area contributed by atoms with Crippen molar-refractivity contribution in [2.45, 2.75) is 70.8 Å². The maximum Gasteiger partial charge on any atom is 0.390 e. The third kappa shape index (κ3) is 4.19. The molecule has 1 aliphatic rings. The van der Waals surface area contributed by atoms with Crippen LogP contribution in [0.1, 0.15) is 46.5 Å². The Morgan fingerprint density at radius 2 is 1.85 bits per heavy atom. The van der Waals surface area contributed by atoms with E-state index in [2.05, 4.69) is 5.32 Å². The van der Waals surface area contributed by atoms with Gasteiger partial charge in [-0.15, -0.1) is 0 Å². The van der Waals surface area contributed by atoms with E-state index in [1.807, 2.05) is 13.8 Å². The summed E-state index contributed by atoms with van der Waals surface area (Å²) in [5.41, 5.74) is 0. The van der Waals surface area contributed by atoms with Gasteiger partial charge in [-0.1, -0.05) is 13.8 Å². The van der Waals surface area contributed by atoms with E-state index in [9.17, 15) is 22.8 Å². The fourth-order valence-corrected chi connectivity index (χ4v) is 2.57. The summed E-state index contributed by atoms with van der Waals surface area (Å²) in [6, 6.07) is -1.89. The Balaban J connectivity index is 2.67. The van der Waals surface area contributed by atoms with Gasteiger partial charge in [0.2, 0.25) is 11.8 Å². The number of nitrogens with zero attached hydrogens (tertiary/aromatic N) is 1. The van der Waals surface area contributed by atoms with Gasteiger partial charge >= 0.3 is 6.18 Å². The van der Waals surface area contributed by atoms with Crippen molar-refractivity contribution in [3.05, 3.63) is 0 Å². The third-order valence-electron chi connectivity index (χ3n) is 3.51. The molecule has 7 heteroatoms. The van der Waals surface area contributed by atoms with Gasteiger partial charge in [-0.3, -0.25) is 14.5 Å². The molecule has 1 aliphatic heterocycles. The zero-order chi connectivity index (χ0) is 15.5. The van der Waals surface area contributed by atoms with E-state index in [1.165, 1.54) is 11.8 Å². The summed E-state index contributed by atoms with van der Waals surface area (Å²) in [6.45, 7) is 5.12. The summed E-state index contributed by atoms with van der Waals surface area (Å²) < 4.78 is 36.8. The molecule has 4 nitrogen and oxygen atoms in total. The normalized spacial score (nSPS) is 21.9. The minimum Gasteiger partial charge on any atom is -0.303 e. The molecule has 0 aliphatic carbocycles. The first-order chi connectivity index (χ1) is 9.19. The van der Waals surface area contributed by atoms with Crippen LogP contribution in [0.4, 0.5) is 13.2 Å². The summed E-state index contributed by atoms with van der Waals surface area (Å²) in [5, 5.41) is 2.62. The van der Waals surface area contributed by atoms with E-state index in [-0.39, 0.29) is 18.4 Å². The van der Waals surface area contributed by atoms with Gasteiger partial charge in [0.1, 0.15) is 0 Å². The number of hydrogen-bond donors (Lipinski definition) is 1. The molecule has 1 fully saturated rings. The molecule has 0 aromatic heterocycles. The highest BCUT2D eigenvalue weighted by molar-refractivity contribution is 6.05. The van der Waals surface area contributed by atoms with Crippen LogP contribution in [0, 0.1) is 0 Å². The molecular formula is C13H21F3N2O2. The minimum absolute atomic E-state index is 0.0580. The number of alkyl halides is 3. The van der Waals surface area contributed by atoms with Crippen LogP contribution in [0.5, 0.6) is 0 Å². The highest BCUT2D eigenvalue weighted by atomic mass is 19.4. The van der Waals surface area contributed by atoms with Gasteiger partial charge in [0.15, 0.2) is 0 Å². The average Bonchev–Trinajstić information content (AvgIpc) is 2.56. The summed E-state index contributed by atoms with van der Waals surface area (Å²) >= 11 is 0. The number of carbonyl (C=O) groups is 2. The zero-order valence-corrected chi connectivity index (χ0v) is 12.0. The molecule has 0 saturated carbocycles. The Kier molecular flexibility index (Phi) is 5.56. The van der Waals surface area contributed by atoms with E-state index >= 15 is 0 Å². The van der Waals surface area contributed by atoms with E-state index in [1.54, 1.807) is 0 Å². The molecule has 2 amide bonds. The number of rotatable bonds is 6. The van der Waals surface area contributed by atoms with E-state index in [0.717, 1.165) is 0 Å². The first-order valence-corrected chi connectivity index (χ1v) is 6.88. The molecule has 0 spiro atoms. The van der Waals surface area contributed by atoms with Gasteiger partial charge in [-0.25, -0.2) is 0 Å². The lowest BCUT2D eigenvalue weighted by Crippen LogP contribution is -2.46. The SMILES string of the molecule is CCC(CC)N1C(=O)CC(NC(C)CC(F)(F)F)C1=O. The summed E-state index contributed by atoms with van der Waals surface area (Å²) in [7, 11) is 0. The van der Waals surface area contributed by atoms with Crippen molar-refractivity contribution in [3.63, 3.8) is 0 Å². The van der Waals surface area contributed by atoms with Crippen molar-refractivity contribution in [2.75, 3.05) is 0 Å². The van der Waals surface area contributed by atoms with Crippen LogP contribution in [0.3, 0.4) is 0 Å². The summed E-state index contributed by atoms with van der Waals surface area (Å²) in [5.74, 6) is -0.710. The number of amides is 2. The van der Waals surface area contributed by atoms with Gasteiger partial charge in [0.25, 0.3) is 0 Å². The molecule has 0 aromatic carbocycles. The smallest absolute Gasteiger partial charge is 0.303 e. The first-order valence-electron chi connectivity index (χ1n) is 6.88. The molecule has 20 heavy (non-hydrogen) atoms. The minimum atomic E-state index is -4.28. The van der Waals surface area contributed by atoms with Crippen molar-refractivity contribution in [3.8, 4) is 0 Å². The fraction of sp³-hybridized carbons (Fsp3) is 0.846. The van der Waals surface area contributed by atoms with Crippen molar-refractivity contribution >= 4 is 11.8 Å². The Morgan fingerprint density at radius 3 is 2.30 bits per heavy atom. The predicted molar refractivity (Wildman–Crippen MR) is 67.9 cm³/mol. The molecule has 1 rings (SSSR count). The van der Waals surface area contributed by atoms with Crippen LogP contribution in [0.25, 0.3) is 0 Å². The average molecular weight is 294 g/mol. The monoisotopic (exact) mass is 294 g/mol. The molecule has 2 unspecified atom stereocenters. The lowest BCUT2D eigenvalue weighted by molar-refractivity contribution is -0.144. The van der Waals surface area contributed by atoms with Crippen LogP contribution in [0.2, 0.25) is 0 Å². The Labute approximate surface area is 116 Å². The number of likely N-dealkylation sites (tertiary alicyclic amines) is 1. The predicted octanol–water partition coefficient (Wildman–Crippen LogP) is 2.23. The highest BCUT2D eigenvalue weighted by Crippen LogP contribution is 2.24. The second kappa shape index (κ2) is 6.56. The Bertz CT molecular complexity index is 367.